The molecule has 1 aliphatic rings. The van der Waals surface area contributed by atoms with E-state index in [4.69, 9.17) is 4.74 Å². The highest BCUT2D eigenvalue weighted by Crippen LogP contribution is 2.36. The third-order valence-electron chi connectivity index (χ3n) is 5.09. The number of amides is 1. The number of benzene rings is 1. The van der Waals surface area contributed by atoms with Gasteiger partial charge < -0.3 is 14.5 Å². The molecule has 2 aromatic rings. The van der Waals surface area contributed by atoms with E-state index < -0.39 is 11.7 Å². The van der Waals surface area contributed by atoms with Crippen LogP contribution in [0.15, 0.2) is 42.6 Å². The largest absolute Gasteiger partial charge is 0.497 e. The van der Waals surface area contributed by atoms with Gasteiger partial charge in [-0.15, -0.1) is 0 Å². The quantitative estimate of drug-likeness (QED) is 0.752. The molecule has 1 unspecified atom stereocenters. The van der Waals surface area contributed by atoms with Crippen LogP contribution in [0.25, 0.3) is 0 Å². The van der Waals surface area contributed by atoms with E-state index in [9.17, 15) is 18.0 Å². The third kappa shape index (κ3) is 4.99. The summed E-state index contributed by atoms with van der Waals surface area (Å²) in [6, 6.07) is 9.76. The number of piperidine rings is 1. The Morgan fingerprint density at radius 1 is 1.31 bits per heavy atom. The number of halogens is 3. The smallest absolute Gasteiger partial charge is 0.419 e. The number of anilines is 1. The van der Waals surface area contributed by atoms with Crippen molar-refractivity contribution in [2.45, 2.75) is 25.6 Å². The molecule has 1 saturated heterocycles. The zero-order valence-corrected chi connectivity index (χ0v) is 16.4. The highest BCUT2D eigenvalue weighted by Gasteiger charge is 2.37. The number of methoxy groups -OCH3 is 1. The maximum absolute atomic E-state index is 13.3. The fourth-order valence-corrected chi connectivity index (χ4v) is 3.68. The van der Waals surface area contributed by atoms with Crippen molar-refractivity contribution in [2.75, 3.05) is 32.1 Å². The van der Waals surface area contributed by atoms with Crippen LogP contribution in [0.1, 0.15) is 24.0 Å². The monoisotopic (exact) mass is 407 g/mol. The van der Waals surface area contributed by atoms with E-state index in [0.717, 1.165) is 11.6 Å². The zero-order valence-electron chi connectivity index (χ0n) is 16.4. The Morgan fingerprint density at radius 3 is 2.83 bits per heavy atom. The molecule has 2 heterocycles. The number of carbonyl (C=O) groups excluding carboxylic acids is 1. The summed E-state index contributed by atoms with van der Waals surface area (Å²) in [7, 11) is 3.29. The first-order valence-corrected chi connectivity index (χ1v) is 9.44. The molecule has 0 aliphatic carbocycles. The second kappa shape index (κ2) is 8.71. The van der Waals surface area contributed by atoms with E-state index in [0.29, 0.717) is 31.7 Å². The summed E-state index contributed by atoms with van der Waals surface area (Å²) in [6.07, 6.45) is -1.85. The maximum atomic E-state index is 13.3. The minimum atomic E-state index is -4.48. The third-order valence-corrected chi connectivity index (χ3v) is 5.09. The van der Waals surface area contributed by atoms with Gasteiger partial charge in [-0.2, -0.15) is 13.2 Å². The summed E-state index contributed by atoms with van der Waals surface area (Å²) in [4.78, 5) is 20.1. The van der Waals surface area contributed by atoms with Crippen LogP contribution >= 0.6 is 0 Å². The molecule has 8 heteroatoms. The predicted octanol–water partition coefficient (Wildman–Crippen LogP) is 3.98. The molecule has 1 atom stereocenters. The summed E-state index contributed by atoms with van der Waals surface area (Å²) in [5, 5.41) is 0. The summed E-state index contributed by atoms with van der Waals surface area (Å²) >= 11 is 0. The summed E-state index contributed by atoms with van der Waals surface area (Å²) < 4.78 is 45.2. The Balaban J connectivity index is 1.71. The van der Waals surface area contributed by atoms with E-state index in [2.05, 4.69) is 4.98 Å². The van der Waals surface area contributed by atoms with Crippen LogP contribution in [-0.4, -0.2) is 43.0 Å². The van der Waals surface area contributed by atoms with E-state index in [1.807, 2.05) is 24.3 Å². The number of alkyl halides is 3. The number of hydrogen-bond acceptors (Lipinski definition) is 4. The van der Waals surface area contributed by atoms with Crippen molar-refractivity contribution in [3.05, 3.63) is 53.7 Å². The minimum absolute atomic E-state index is 0.0815. The van der Waals surface area contributed by atoms with Crippen molar-refractivity contribution >= 4 is 11.7 Å². The summed E-state index contributed by atoms with van der Waals surface area (Å²) in [6.45, 7) is 1.08. The standard InChI is InChI=1S/C21H24F3N3O2/c1-26(13-15-6-3-8-17(12-15)29-2)20(28)16-7-5-11-27(14-16)19-18(21(22,23)24)9-4-10-25-19/h3-4,6,8-10,12,16H,5,7,11,13-14H2,1-2H3. The average molecular weight is 407 g/mol. The van der Waals surface area contributed by atoms with Gasteiger partial charge in [-0.05, 0) is 42.7 Å². The van der Waals surface area contributed by atoms with Crippen molar-refractivity contribution in [2.24, 2.45) is 5.92 Å². The molecule has 5 nitrogen and oxygen atoms in total. The van der Waals surface area contributed by atoms with E-state index in [1.54, 1.807) is 24.0 Å². The molecule has 1 fully saturated rings. The van der Waals surface area contributed by atoms with E-state index in [-0.39, 0.29) is 24.2 Å². The molecule has 0 radical (unpaired) electrons. The van der Waals surface area contributed by atoms with Gasteiger partial charge in [0, 0.05) is 32.9 Å². The van der Waals surface area contributed by atoms with Gasteiger partial charge in [0.05, 0.1) is 18.6 Å². The van der Waals surface area contributed by atoms with E-state index in [1.165, 1.54) is 12.3 Å². The van der Waals surface area contributed by atoms with Gasteiger partial charge in [-0.3, -0.25) is 4.79 Å². The summed E-state index contributed by atoms with van der Waals surface area (Å²) in [5.74, 6) is 0.152. The molecule has 0 N–H and O–H groups in total. The van der Waals surface area contributed by atoms with Gasteiger partial charge in [-0.25, -0.2) is 4.98 Å². The first-order chi connectivity index (χ1) is 13.8. The number of carbonyl (C=O) groups is 1. The fourth-order valence-electron chi connectivity index (χ4n) is 3.68. The number of aromatic nitrogens is 1. The summed E-state index contributed by atoms with van der Waals surface area (Å²) in [5.41, 5.74) is 0.162. The van der Waals surface area contributed by atoms with Crippen molar-refractivity contribution in [1.82, 2.24) is 9.88 Å². The molecule has 0 bridgehead atoms. The second-order valence-corrected chi connectivity index (χ2v) is 7.20. The van der Waals surface area contributed by atoms with Crippen LogP contribution in [0, 0.1) is 5.92 Å². The minimum Gasteiger partial charge on any atom is -0.497 e. The van der Waals surface area contributed by atoms with Crippen LogP contribution in [0.4, 0.5) is 19.0 Å². The lowest BCUT2D eigenvalue weighted by atomic mass is 9.96. The molecule has 0 saturated carbocycles. The number of rotatable bonds is 5. The van der Waals surface area contributed by atoms with Gasteiger partial charge >= 0.3 is 6.18 Å². The van der Waals surface area contributed by atoms with E-state index >= 15 is 0 Å². The second-order valence-electron chi connectivity index (χ2n) is 7.20. The number of pyridine rings is 1. The molecule has 1 aromatic heterocycles. The van der Waals surface area contributed by atoms with Crippen molar-refractivity contribution < 1.29 is 22.7 Å². The lowest BCUT2D eigenvalue weighted by molar-refractivity contribution is -0.137. The van der Waals surface area contributed by atoms with Gasteiger partial charge in [0.1, 0.15) is 11.6 Å². The van der Waals surface area contributed by atoms with Crippen LogP contribution in [0.5, 0.6) is 5.75 Å². The lowest BCUT2D eigenvalue weighted by Crippen LogP contribution is -2.44. The van der Waals surface area contributed by atoms with Gasteiger partial charge in [0.2, 0.25) is 5.91 Å². The van der Waals surface area contributed by atoms with Crippen LogP contribution in [0.3, 0.4) is 0 Å². The first-order valence-electron chi connectivity index (χ1n) is 9.44. The molecule has 29 heavy (non-hydrogen) atoms. The average Bonchev–Trinajstić information content (AvgIpc) is 2.72. The number of ether oxygens (including phenoxy) is 1. The Morgan fingerprint density at radius 2 is 2.10 bits per heavy atom. The highest BCUT2D eigenvalue weighted by atomic mass is 19.4. The molecular formula is C21H24F3N3O2. The van der Waals surface area contributed by atoms with Crippen molar-refractivity contribution in [3.8, 4) is 5.75 Å². The fraction of sp³-hybridized carbons (Fsp3) is 0.429. The van der Waals surface area contributed by atoms with Crippen molar-refractivity contribution in [3.63, 3.8) is 0 Å². The lowest BCUT2D eigenvalue weighted by Gasteiger charge is -2.35. The van der Waals surface area contributed by atoms with Gasteiger partial charge in [-0.1, -0.05) is 12.1 Å². The molecule has 156 valence electrons. The molecule has 1 amide bonds. The van der Waals surface area contributed by atoms with Gasteiger partial charge in [0.25, 0.3) is 0 Å². The SMILES string of the molecule is COc1cccc(CN(C)C(=O)C2CCCN(c3ncccc3C(F)(F)F)C2)c1. The first kappa shape index (κ1) is 21.0. The van der Waals surface area contributed by atoms with Gasteiger partial charge in [0.15, 0.2) is 0 Å². The molecule has 3 rings (SSSR count). The van der Waals surface area contributed by atoms with Crippen LogP contribution < -0.4 is 9.64 Å². The Labute approximate surface area is 168 Å². The van der Waals surface area contributed by atoms with Crippen LogP contribution in [0.2, 0.25) is 0 Å². The number of nitrogens with zero attached hydrogens (tertiary/aromatic N) is 3. The highest BCUT2D eigenvalue weighted by molar-refractivity contribution is 5.79. The molecule has 1 aliphatic heterocycles. The Hall–Kier alpha value is -2.77. The van der Waals surface area contributed by atoms with Crippen molar-refractivity contribution in [1.29, 1.82) is 0 Å². The predicted molar refractivity (Wildman–Crippen MR) is 104 cm³/mol. The molecule has 1 aromatic carbocycles. The number of hydrogen-bond donors (Lipinski definition) is 0. The molecular weight excluding hydrogens is 383 g/mol. The van der Waals surface area contributed by atoms with Crippen LogP contribution in [-0.2, 0) is 17.5 Å². The normalized spacial score (nSPS) is 17.1. The topological polar surface area (TPSA) is 45.7 Å². The Bertz CT molecular complexity index is 857. The zero-order chi connectivity index (χ0) is 21.0. The molecule has 0 spiro atoms. The maximum Gasteiger partial charge on any atom is 0.419 e. The Kier molecular flexibility index (Phi) is 6.30.